The molecule has 0 saturated carbocycles. The predicted octanol–water partition coefficient (Wildman–Crippen LogP) is 15.3. The van der Waals surface area contributed by atoms with Crippen molar-refractivity contribution in [2.75, 3.05) is 0 Å². The van der Waals surface area contributed by atoms with Crippen LogP contribution in [0.25, 0.3) is 100 Å². The summed E-state index contributed by atoms with van der Waals surface area (Å²) in [7, 11) is 0. The van der Waals surface area contributed by atoms with Gasteiger partial charge < -0.3 is 4.57 Å². The quantitative estimate of drug-likeness (QED) is 0.168. The van der Waals surface area contributed by atoms with E-state index in [-0.39, 0.29) is 16.2 Å². The number of rotatable bonds is 6. The van der Waals surface area contributed by atoms with Crippen molar-refractivity contribution in [1.82, 2.24) is 24.1 Å². The van der Waals surface area contributed by atoms with Gasteiger partial charge >= 0.3 is 0 Å². The Kier molecular flexibility index (Phi) is 8.51. The van der Waals surface area contributed by atoms with Crippen LogP contribution in [-0.2, 0) is 10.8 Å². The third-order valence-corrected chi connectivity index (χ3v) is 15.5. The van der Waals surface area contributed by atoms with Gasteiger partial charge in [0.15, 0.2) is 11.6 Å². The fourth-order valence-electron chi connectivity index (χ4n) is 11.0. The van der Waals surface area contributed by atoms with Gasteiger partial charge in [0.2, 0.25) is 5.95 Å². The molecule has 8 aromatic carbocycles. The molecular weight excluding hydrogens is 791 g/mol. The first kappa shape index (κ1) is 39.0. The van der Waals surface area contributed by atoms with Crippen molar-refractivity contribution in [2.24, 2.45) is 5.41 Å². The number of aromatic nitrogens is 5. The van der Waals surface area contributed by atoms with Gasteiger partial charge in [0.25, 0.3) is 0 Å². The molecule has 0 N–H and O–H groups in total. The first-order valence-electron chi connectivity index (χ1n) is 22.7. The Morgan fingerprint density at radius 1 is 0.354 bits per heavy atom. The van der Waals surface area contributed by atoms with Crippen molar-refractivity contribution in [3.63, 3.8) is 0 Å². The average molecular weight is 840 g/mol. The number of hydrogen-bond donors (Lipinski definition) is 0. The third-order valence-electron chi connectivity index (χ3n) is 15.5. The van der Waals surface area contributed by atoms with Crippen LogP contribution in [0.15, 0.2) is 188 Å². The molecule has 5 heteroatoms. The fraction of sp³-hybridized carbons (Fsp3) is 0.150. The molecule has 0 fully saturated rings. The van der Waals surface area contributed by atoms with E-state index in [4.69, 9.17) is 15.0 Å². The van der Waals surface area contributed by atoms with Crippen molar-refractivity contribution in [3.05, 3.63) is 199 Å². The van der Waals surface area contributed by atoms with E-state index >= 15 is 0 Å². The highest BCUT2D eigenvalue weighted by molar-refractivity contribution is 6.29. The highest BCUT2D eigenvalue weighted by Crippen LogP contribution is 2.62. The van der Waals surface area contributed by atoms with E-state index < -0.39 is 0 Å². The minimum atomic E-state index is 0.00398. The van der Waals surface area contributed by atoms with Crippen LogP contribution < -0.4 is 0 Å². The first-order chi connectivity index (χ1) is 31.5. The van der Waals surface area contributed by atoms with Crippen molar-refractivity contribution >= 4 is 43.6 Å². The standard InChI is InChI=1S/C60H49N5/c1-58(2)46-34-33-40(37-47(46)59(3,4)60(58,5)6)41-25-13-14-26-42(41)43-27-15-18-30-48(43)64-49-31-19-16-28-44(49)53-51(64)35-36-52-54(53)45-29-17-20-32-50(45)65(52)57-62-55(38-21-9-7-10-22-38)61-56(63-57)39-23-11-8-12-24-39/h7-37H,1-6H3. The lowest BCUT2D eigenvalue weighted by atomic mass is 9.59. The molecular formula is C60H49N5. The second-order valence-corrected chi connectivity index (χ2v) is 19.3. The second kappa shape index (κ2) is 14.2. The van der Waals surface area contributed by atoms with Crippen molar-refractivity contribution < 1.29 is 0 Å². The maximum absolute atomic E-state index is 5.22. The van der Waals surface area contributed by atoms with E-state index in [1.165, 1.54) is 49.5 Å². The predicted molar refractivity (Wildman–Crippen MR) is 270 cm³/mol. The van der Waals surface area contributed by atoms with E-state index in [1.807, 2.05) is 36.4 Å². The Hall–Kier alpha value is -7.63. The van der Waals surface area contributed by atoms with Crippen molar-refractivity contribution in [3.8, 4) is 56.7 Å². The summed E-state index contributed by atoms with van der Waals surface area (Å²) in [6.45, 7) is 14.6. The summed E-state index contributed by atoms with van der Waals surface area (Å²) in [6.07, 6.45) is 0. The summed E-state index contributed by atoms with van der Waals surface area (Å²) >= 11 is 0. The number of para-hydroxylation sites is 3. The normalized spacial score (nSPS) is 15.0. The van der Waals surface area contributed by atoms with Gasteiger partial charge in [0, 0.05) is 38.2 Å². The number of benzene rings is 8. The lowest BCUT2D eigenvalue weighted by Gasteiger charge is -2.44. The largest absolute Gasteiger partial charge is 0.309 e. The van der Waals surface area contributed by atoms with E-state index in [0.717, 1.165) is 44.3 Å². The Balaban J connectivity index is 1.09. The molecule has 1 aliphatic carbocycles. The Morgan fingerprint density at radius 3 is 1.45 bits per heavy atom. The van der Waals surface area contributed by atoms with Gasteiger partial charge in [-0.3, -0.25) is 4.57 Å². The topological polar surface area (TPSA) is 48.5 Å². The van der Waals surface area contributed by atoms with Crippen LogP contribution in [-0.4, -0.2) is 24.1 Å². The number of fused-ring (bicyclic) bond motifs is 8. The molecule has 12 rings (SSSR count). The van der Waals surface area contributed by atoms with Crippen LogP contribution in [0.4, 0.5) is 0 Å². The monoisotopic (exact) mass is 839 g/mol. The fourth-order valence-corrected chi connectivity index (χ4v) is 11.0. The molecule has 3 aromatic heterocycles. The Bertz CT molecular complexity index is 3620. The van der Waals surface area contributed by atoms with Gasteiger partial charge in [-0.2, -0.15) is 9.97 Å². The SMILES string of the molecule is CC1(C)c2ccc(-c3ccccc3-c3ccccc3-n3c4ccccc4c4c5c6ccccc6n(-c6nc(-c7ccccc7)nc(-c7ccccc7)n6)c5ccc43)cc2C(C)(C)C1(C)C. The zero-order valence-corrected chi connectivity index (χ0v) is 37.6. The van der Waals surface area contributed by atoms with Gasteiger partial charge in [-0.1, -0.05) is 199 Å². The van der Waals surface area contributed by atoms with E-state index in [1.54, 1.807) is 0 Å². The van der Waals surface area contributed by atoms with E-state index in [2.05, 4.69) is 202 Å². The van der Waals surface area contributed by atoms with Crippen LogP contribution in [0.2, 0.25) is 0 Å². The molecule has 0 bridgehead atoms. The van der Waals surface area contributed by atoms with Crippen LogP contribution in [0.1, 0.15) is 52.7 Å². The number of hydrogen-bond acceptors (Lipinski definition) is 3. The average Bonchev–Trinajstić information content (AvgIpc) is 3.90. The van der Waals surface area contributed by atoms with Gasteiger partial charge in [-0.25, -0.2) is 4.98 Å². The van der Waals surface area contributed by atoms with Gasteiger partial charge in [0.1, 0.15) is 0 Å². The molecule has 0 amide bonds. The molecule has 1 aliphatic rings. The van der Waals surface area contributed by atoms with Crippen LogP contribution in [0.5, 0.6) is 0 Å². The molecule has 65 heavy (non-hydrogen) atoms. The van der Waals surface area contributed by atoms with E-state index in [9.17, 15) is 0 Å². The summed E-state index contributed by atoms with van der Waals surface area (Å²) in [5, 5.41) is 4.70. The third kappa shape index (κ3) is 5.61. The van der Waals surface area contributed by atoms with Crippen molar-refractivity contribution in [2.45, 2.75) is 52.4 Å². The smallest absolute Gasteiger partial charge is 0.238 e. The summed E-state index contributed by atoms with van der Waals surface area (Å²) in [6, 6.07) is 67.5. The Morgan fingerprint density at radius 2 is 0.831 bits per heavy atom. The minimum Gasteiger partial charge on any atom is -0.309 e. The zero-order chi connectivity index (χ0) is 44.2. The summed E-state index contributed by atoms with van der Waals surface area (Å²) in [5.74, 6) is 1.84. The molecule has 11 aromatic rings. The zero-order valence-electron chi connectivity index (χ0n) is 37.6. The second-order valence-electron chi connectivity index (χ2n) is 19.3. The van der Waals surface area contributed by atoms with Gasteiger partial charge in [-0.15, -0.1) is 0 Å². The summed E-state index contributed by atoms with van der Waals surface area (Å²) in [4.78, 5) is 15.5. The van der Waals surface area contributed by atoms with Crippen molar-refractivity contribution in [1.29, 1.82) is 0 Å². The minimum absolute atomic E-state index is 0.00398. The molecule has 5 nitrogen and oxygen atoms in total. The van der Waals surface area contributed by atoms with Gasteiger partial charge in [-0.05, 0) is 74.4 Å². The molecule has 0 unspecified atom stereocenters. The maximum atomic E-state index is 5.22. The van der Waals surface area contributed by atoms with Crippen LogP contribution in [0, 0.1) is 5.41 Å². The highest BCUT2D eigenvalue weighted by atomic mass is 15.2. The highest BCUT2D eigenvalue weighted by Gasteiger charge is 2.56. The first-order valence-corrected chi connectivity index (χ1v) is 22.7. The lowest BCUT2D eigenvalue weighted by molar-refractivity contribution is 0.125. The number of nitrogens with zero attached hydrogens (tertiary/aromatic N) is 5. The molecule has 0 spiro atoms. The Labute approximate surface area is 379 Å². The van der Waals surface area contributed by atoms with E-state index in [0.29, 0.717) is 17.6 Å². The van der Waals surface area contributed by atoms with Crippen LogP contribution in [0.3, 0.4) is 0 Å². The summed E-state index contributed by atoms with van der Waals surface area (Å²) < 4.78 is 4.70. The summed E-state index contributed by atoms with van der Waals surface area (Å²) in [5.41, 5.74) is 15.3. The molecule has 0 saturated heterocycles. The lowest BCUT2D eigenvalue weighted by Crippen LogP contribution is -2.42. The van der Waals surface area contributed by atoms with Gasteiger partial charge in [0.05, 0.1) is 27.8 Å². The molecule has 3 heterocycles. The molecule has 0 radical (unpaired) electrons. The molecule has 0 aliphatic heterocycles. The molecule has 0 atom stereocenters. The molecule has 314 valence electrons. The van der Waals surface area contributed by atoms with Crippen LogP contribution >= 0.6 is 0 Å². The maximum Gasteiger partial charge on any atom is 0.238 e.